The number of aryl methyl sites for hydroxylation is 1. The van der Waals surface area contributed by atoms with E-state index in [2.05, 4.69) is 6.92 Å². The van der Waals surface area contributed by atoms with Crippen molar-refractivity contribution in [2.75, 3.05) is 0 Å². The Morgan fingerprint density at radius 1 is 0.885 bits per heavy atom. The largest absolute Gasteiger partial charge is 0.423 e. The van der Waals surface area contributed by atoms with E-state index in [4.69, 9.17) is 4.74 Å². The van der Waals surface area contributed by atoms with Gasteiger partial charge < -0.3 is 4.74 Å². The molecule has 2 nitrogen and oxygen atoms in total. The molecule has 0 heterocycles. The molecule has 3 aromatic rings. The van der Waals surface area contributed by atoms with Crippen LogP contribution < -0.4 is 4.74 Å². The van der Waals surface area contributed by atoms with E-state index in [1.165, 1.54) is 24.3 Å². The molecule has 0 radical (unpaired) electrons. The van der Waals surface area contributed by atoms with Crippen LogP contribution in [0.2, 0.25) is 0 Å². The number of rotatable bonds is 5. The average molecular weight is 352 g/mol. The molecular weight excluding hydrogens is 334 g/mol. The highest BCUT2D eigenvalue weighted by atomic mass is 19.1. The van der Waals surface area contributed by atoms with Gasteiger partial charge in [0.15, 0.2) is 0 Å². The third-order valence-corrected chi connectivity index (χ3v) is 4.04. The molecule has 0 bridgehead atoms. The Morgan fingerprint density at radius 2 is 1.54 bits per heavy atom. The van der Waals surface area contributed by atoms with E-state index < -0.39 is 11.8 Å². The number of ether oxygens (including phenoxy) is 1. The maximum Gasteiger partial charge on any atom is 0.346 e. The van der Waals surface area contributed by atoms with Gasteiger partial charge in [0.1, 0.15) is 17.4 Å². The molecule has 132 valence electrons. The average Bonchev–Trinajstić information content (AvgIpc) is 2.64. The molecule has 26 heavy (non-hydrogen) atoms. The quantitative estimate of drug-likeness (QED) is 0.428. The van der Waals surface area contributed by atoms with E-state index >= 15 is 0 Å². The SMILES string of the molecule is CCCc1ccc(OC(=O)c2ccc(-c3ccc(F)cc3)cc2F)cc1. The minimum atomic E-state index is -0.753. The van der Waals surface area contributed by atoms with Gasteiger partial charge in [0.05, 0.1) is 5.56 Å². The Bertz CT molecular complexity index is 900. The Hall–Kier alpha value is -3.01. The van der Waals surface area contributed by atoms with Gasteiger partial charge in [0.25, 0.3) is 0 Å². The minimum absolute atomic E-state index is 0.145. The molecule has 0 fully saturated rings. The van der Waals surface area contributed by atoms with Crippen LogP contribution in [0.15, 0.2) is 66.7 Å². The molecule has 0 aromatic heterocycles. The Kier molecular flexibility index (Phi) is 5.42. The monoisotopic (exact) mass is 352 g/mol. The molecule has 4 heteroatoms. The number of carbonyl (C=O) groups is 1. The van der Waals surface area contributed by atoms with Gasteiger partial charge in [-0.1, -0.05) is 43.7 Å². The van der Waals surface area contributed by atoms with Gasteiger partial charge in [0, 0.05) is 0 Å². The topological polar surface area (TPSA) is 26.3 Å². The molecule has 3 aromatic carbocycles. The van der Waals surface area contributed by atoms with Crippen molar-refractivity contribution < 1.29 is 18.3 Å². The summed E-state index contributed by atoms with van der Waals surface area (Å²) >= 11 is 0. The van der Waals surface area contributed by atoms with Crippen molar-refractivity contribution in [2.45, 2.75) is 19.8 Å². The first kappa shape index (κ1) is 17.8. The summed E-state index contributed by atoms with van der Waals surface area (Å²) in [5.41, 5.74) is 2.23. The van der Waals surface area contributed by atoms with Gasteiger partial charge in [-0.25, -0.2) is 13.6 Å². The smallest absolute Gasteiger partial charge is 0.346 e. The molecule has 0 aliphatic rings. The van der Waals surface area contributed by atoms with E-state index in [-0.39, 0.29) is 11.4 Å². The number of esters is 1. The van der Waals surface area contributed by atoms with E-state index in [1.54, 1.807) is 30.3 Å². The third-order valence-electron chi connectivity index (χ3n) is 4.04. The summed E-state index contributed by atoms with van der Waals surface area (Å²) < 4.78 is 32.6. The van der Waals surface area contributed by atoms with Gasteiger partial charge in [0.2, 0.25) is 0 Å². The summed E-state index contributed by atoms with van der Waals surface area (Å²) in [7, 11) is 0. The van der Waals surface area contributed by atoms with E-state index in [0.717, 1.165) is 18.4 Å². The molecule has 0 N–H and O–H groups in total. The second kappa shape index (κ2) is 7.91. The third kappa shape index (κ3) is 4.14. The number of hydrogen-bond donors (Lipinski definition) is 0. The van der Waals surface area contributed by atoms with Gasteiger partial charge in [-0.05, 0) is 59.5 Å². The van der Waals surface area contributed by atoms with Crippen molar-refractivity contribution in [1.29, 1.82) is 0 Å². The first-order valence-electron chi connectivity index (χ1n) is 8.43. The van der Waals surface area contributed by atoms with Gasteiger partial charge in [-0.3, -0.25) is 0 Å². The van der Waals surface area contributed by atoms with Crippen LogP contribution in [-0.4, -0.2) is 5.97 Å². The number of benzene rings is 3. The second-order valence-electron chi connectivity index (χ2n) is 5.98. The van der Waals surface area contributed by atoms with Crippen molar-refractivity contribution in [3.63, 3.8) is 0 Å². The number of hydrogen-bond acceptors (Lipinski definition) is 2. The fourth-order valence-corrected chi connectivity index (χ4v) is 2.68. The summed E-state index contributed by atoms with van der Waals surface area (Å²) in [5, 5.41) is 0. The normalized spacial score (nSPS) is 10.6. The number of carbonyl (C=O) groups excluding carboxylic acids is 1. The van der Waals surface area contributed by atoms with Gasteiger partial charge >= 0.3 is 5.97 Å². The molecule has 0 aliphatic heterocycles. The molecule has 0 saturated carbocycles. The highest BCUT2D eigenvalue weighted by Gasteiger charge is 2.15. The van der Waals surface area contributed by atoms with Crippen LogP contribution in [0.5, 0.6) is 5.75 Å². The van der Waals surface area contributed by atoms with Crippen molar-refractivity contribution in [1.82, 2.24) is 0 Å². The van der Waals surface area contributed by atoms with Crippen LogP contribution in [0, 0.1) is 11.6 Å². The summed E-state index contributed by atoms with van der Waals surface area (Å²) in [6, 6.07) is 17.1. The lowest BCUT2D eigenvalue weighted by atomic mass is 10.0. The highest BCUT2D eigenvalue weighted by molar-refractivity contribution is 5.92. The Morgan fingerprint density at radius 3 is 2.15 bits per heavy atom. The second-order valence-corrected chi connectivity index (χ2v) is 5.98. The lowest BCUT2D eigenvalue weighted by Gasteiger charge is -2.08. The Labute approximate surface area is 151 Å². The van der Waals surface area contributed by atoms with Crippen LogP contribution in [0.3, 0.4) is 0 Å². The van der Waals surface area contributed by atoms with E-state index in [9.17, 15) is 13.6 Å². The predicted molar refractivity (Wildman–Crippen MR) is 97.2 cm³/mol. The van der Waals surface area contributed by atoms with Crippen molar-refractivity contribution in [3.05, 3.63) is 89.5 Å². The fourth-order valence-electron chi connectivity index (χ4n) is 2.68. The Balaban J connectivity index is 1.76. The molecular formula is C22H18F2O2. The molecule has 0 unspecified atom stereocenters. The lowest BCUT2D eigenvalue weighted by molar-refractivity contribution is 0.0730. The lowest BCUT2D eigenvalue weighted by Crippen LogP contribution is -2.10. The zero-order valence-corrected chi connectivity index (χ0v) is 14.3. The van der Waals surface area contributed by atoms with Crippen LogP contribution in [0.4, 0.5) is 8.78 Å². The highest BCUT2D eigenvalue weighted by Crippen LogP contribution is 2.23. The molecule has 3 rings (SSSR count). The van der Waals surface area contributed by atoms with Crippen LogP contribution >= 0.6 is 0 Å². The predicted octanol–water partition coefficient (Wildman–Crippen LogP) is 5.80. The standard InChI is InChI=1S/C22H18F2O2/c1-2-3-15-4-11-19(12-5-15)26-22(25)20-13-8-17(14-21(20)24)16-6-9-18(23)10-7-16/h4-14H,2-3H2,1H3. The zero-order valence-electron chi connectivity index (χ0n) is 14.3. The maximum absolute atomic E-state index is 14.4. The number of halogens is 2. The van der Waals surface area contributed by atoms with Crippen LogP contribution in [0.1, 0.15) is 29.3 Å². The first-order chi connectivity index (χ1) is 12.6. The summed E-state index contributed by atoms with van der Waals surface area (Å²) in [6.07, 6.45) is 1.98. The maximum atomic E-state index is 14.4. The molecule has 0 amide bonds. The molecule has 0 aliphatic carbocycles. The van der Waals surface area contributed by atoms with Crippen molar-refractivity contribution >= 4 is 5.97 Å². The summed E-state index contributed by atoms with van der Waals surface area (Å²) in [6.45, 7) is 2.09. The van der Waals surface area contributed by atoms with Gasteiger partial charge in [-0.2, -0.15) is 0 Å². The molecule has 0 saturated heterocycles. The van der Waals surface area contributed by atoms with Crippen LogP contribution in [-0.2, 0) is 6.42 Å². The van der Waals surface area contributed by atoms with E-state index in [0.29, 0.717) is 16.9 Å². The fraction of sp³-hybridized carbons (Fsp3) is 0.136. The minimum Gasteiger partial charge on any atom is -0.423 e. The van der Waals surface area contributed by atoms with Crippen molar-refractivity contribution in [3.8, 4) is 16.9 Å². The summed E-state index contributed by atoms with van der Waals surface area (Å²) in [4.78, 5) is 12.2. The molecule has 0 atom stereocenters. The van der Waals surface area contributed by atoms with Crippen molar-refractivity contribution in [2.24, 2.45) is 0 Å². The summed E-state index contributed by atoms with van der Waals surface area (Å²) in [5.74, 6) is -1.42. The van der Waals surface area contributed by atoms with E-state index in [1.807, 2.05) is 12.1 Å². The first-order valence-corrected chi connectivity index (χ1v) is 8.43. The van der Waals surface area contributed by atoms with Gasteiger partial charge in [-0.15, -0.1) is 0 Å². The zero-order chi connectivity index (χ0) is 18.5. The van der Waals surface area contributed by atoms with Crippen LogP contribution in [0.25, 0.3) is 11.1 Å². The molecule has 0 spiro atoms.